The Balaban J connectivity index is 2.50. The summed E-state index contributed by atoms with van der Waals surface area (Å²) in [6, 6.07) is 0.173. The van der Waals surface area contributed by atoms with Gasteiger partial charge in [0, 0.05) is 6.04 Å². The van der Waals surface area contributed by atoms with Gasteiger partial charge in [-0.15, -0.1) is 0 Å². The predicted molar refractivity (Wildman–Crippen MR) is 63.2 cm³/mol. The molecular weight excluding hydrogens is 210 g/mol. The Kier molecular flexibility index (Phi) is 3.82. The molecule has 0 heterocycles. The van der Waals surface area contributed by atoms with E-state index in [1.165, 1.54) is 0 Å². The molecule has 2 atom stereocenters. The minimum atomic E-state index is -3.10. The maximum atomic E-state index is 11.8. The topological polar surface area (TPSA) is 46.2 Å². The Morgan fingerprint density at radius 3 is 2.27 bits per heavy atom. The summed E-state index contributed by atoms with van der Waals surface area (Å²) in [5.41, 5.74) is -0.171. The average Bonchev–Trinajstić information content (AvgIpc) is 2.27. The lowest BCUT2D eigenvalue weighted by atomic mass is 10.0. The highest BCUT2D eigenvalue weighted by Gasteiger charge is 2.28. The first-order chi connectivity index (χ1) is 6.68. The van der Waals surface area contributed by atoms with Gasteiger partial charge in [-0.05, 0) is 30.6 Å². The fraction of sp³-hybridized carbons (Fsp3) is 1.00. The van der Waals surface area contributed by atoms with Gasteiger partial charge in [-0.3, -0.25) is 0 Å². The van der Waals surface area contributed by atoms with Gasteiger partial charge in [0.1, 0.15) is 0 Å². The quantitative estimate of drug-likeness (QED) is 0.812. The molecule has 1 rings (SSSR count). The van der Waals surface area contributed by atoms with E-state index in [4.69, 9.17) is 0 Å². The Morgan fingerprint density at radius 1 is 1.27 bits per heavy atom. The van der Waals surface area contributed by atoms with Gasteiger partial charge < -0.3 is 0 Å². The minimum Gasteiger partial charge on any atom is -0.212 e. The molecule has 0 radical (unpaired) electrons. The Bertz CT molecular complexity index is 303. The highest BCUT2D eigenvalue weighted by atomic mass is 32.2. The molecule has 0 aromatic rings. The van der Waals surface area contributed by atoms with Crippen LogP contribution in [-0.4, -0.2) is 20.2 Å². The molecule has 90 valence electrons. The third-order valence-corrected chi connectivity index (χ3v) is 4.60. The number of hydrogen-bond donors (Lipinski definition) is 1. The van der Waals surface area contributed by atoms with Crippen molar-refractivity contribution < 1.29 is 8.42 Å². The SMILES string of the molecule is CC1CCC(NS(=O)(=O)CC(C)(C)C)C1. The normalized spacial score (nSPS) is 28.3. The summed E-state index contributed by atoms with van der Waals surface area (Å²) in [5.74, 6) is 0.873. The molecule has 2 unspecified atom stereocenters. The second-order valence-electron chi connectivity index (χ2n) is 6.05. The van der Waals surface area contributed by atoms with Gasteiger partial charge in [0.15, 0.2) is 0 Å². The molecule has 0 saturated heterocycles. The van der Waals surface area contributed by atoms with E-state index >= 15 is 0 Å². The lowest BCUT2D eigenvalue weighted by molar-refractivity contribution is 0.452. The molecule has 0 amide bonds. The largest absolute Gasteiger partial charge is 0.212 e. The van der Waals surface area contributed by atoms with Crippen LogP contribution in [0.4, 0.5) is 0 Å². The molecule has 15 heavy (non-hydrogen) atoms. The van der Waals surface area contributed by atoms with Gasteiger partial charge in [-0.25, -0.2) is 13.1 Å². The van der Waals surface area contributed by atoms with Crippen molar-refractivity contribution in [3.63, 3.8) is 0 Å². The monoisotopic (exact) mass is 233 g/mol. The van der Waals surface area contributed by atoms with Crippen molar-refractivity contribution in [3.8, 4) is 0 Å². The van der Waals surface area contributed by atoms with Crippen molar-refractivity contribution >= 4 is 10.0 Å². The fourth-order valence-corrected chi connectivity index (χ4v) is 4.13. The molecule has 1 saturated carbocycles. The van der Waals surface area contributed by atoms with Crippen LogP contribution in [-0.2, 0) is 10.0 Å². The van der Waals surface area contributed by atoms with Crippen LogP contribution in [0.3, 0.4) is 0 Å². The first-order valence-electron chi connectivity index (χ1n) is 5.68. The molecule has 4 heteroatoms. The Hall–Kier alpha value is -0.0900. The summed E-state index contributed by atoms with van der Waals surface area (Å²) >= 11 is 0. The highest BCUT2D eigenvalue weighted by molar-refractivity contribution is 7.89. The summed E-state index contributed by atoms with van der Waals surface area (Å²) in [6.07, 6.45) is 3.12. The van der Waals surface area contributed by atoms with E-state index in [1.807, 2.05) is 20.8 Å². The zero-order valence-electron chi connectivity index (χ0n) is 10.2. The summed E-state index contributed by atoms with van der Waals surface area (Å²) in [7, 11) is -3.10. The summed E-state index contributed by atoms with van der Waals surface area (Å²) < 4.78 is 26.4. The summed E-state index contributed by atoms with van der Waals surface area (Å²) in [6.45, 7) is 8.02. The zero-order chi connectivity index (χ0) is 11.7. The standard InChI is InChI=1S/C11H23NO2S/c1-9-5-6-10(7-9)12-15(13,14)8-11(2,3)4/h9-10,12H,5-8H2,1-4H3. The van der Waals surface area contributed by atoms with Crippen LogP contribution < -0.4 is 4.72 Å². The highest BCUT2D eigenvalue weighted by Crippen LogP contribution is 2.26. The average molecular weight is 233 g/mol. The zero-order valence-corrected chi connectivity index (χ0v) is 11.0. The van der Waals surface area contributed by atoms with Crippen LogP contribution in [0.25, 0.3) is 0 Å². The first-order valence-corrected chi connectivity index (χ1v) is 7.33. The van der Waals surface area contributed by atoms with Crippen molar-refractivity contribution in [1.82, 2.24) is 4.72 Å². The maximum absolute atomic E-state index is 11.8. The van der Waals surface area contributed by atoms with E-state index in [2.05, 4.69) is 11.6 Å². The smallest absolute Gasteiger partial charge is 0.212 e. The lowest BCUT2D eigenvalue weighted by Crippen LogP contribution is -2.38. The van der Waals surface area contributed by atoms with Gasteiger partial charge in [0.25, 0.3) is 0 Å². The fourth-order valence-electron chi connectivity index (χ4n) is 2.18. The number of rotatable bonds is 3. The summed E-state index contributed by atoms with van der Waals surface area (Å²) in [4.78, 5) is 0. The van der Waals surface area contributed by atoms with Crippen molar-refractivity contribution in [3.05, 3.63) is 0 Å². The third kappa shape index (κ3) is 4.98. The van der Waals surface area contributed by atoms with E-state index < -0.39 is 10.0 Å². The Labute approximate surface area is 93.7 Å². The third-order valence-electron chi connectivity index (χ3n) is 2.66. The van der Waals surface area contributed by atoms with Crippen molar-refractivity contribution in [2.24, 2.45) is 11.3 Å². The van der Waals surface area contributed by atoms with Crippen LogP contribution in [0.5, 0.6) is 0 Å². The second kappa shape index (κ2) is 4.42. The number of nitrogens with one attached hydrogen (secondary N) is 1. The van der Waals surface area contributed by atoms with Gasteiger partial charge in [0.2, 0.25) is 10.0 Å². The molecule has 1 fully saturated rings. The summed E-state index contributed by atoms with van der Waals surface area (Å²) in [5, 5.41) is 0. The second-order valence-corrected chi connectivity index (χ2v) is 7.81. The minimum absolute atomic E-state index is 0.171. The van der Waals surface area contributed by atoms with Gasteiger partial charge in [-0.2, -0.15) is 0 Å². The number of sulfonamides is 1. The van der Waals surface area contributed by atoms with E-state index in [0.717, 1.165) is 19.3 Å². The molecule has 0 bridgehead atoms. The van der Waals surface area contributed by atoms with Crippen molar-refractivity contribution in [1.29, 1.82) is 0 Å². The van der Waals surface area contributed by atoms with E-state index in [0.29, 0.717) is 5.92 Å². The maximum Gasteiger partial charge on any atom is 0.212 e. The molecular formula is C11H23NO2S. The van der Waals surface area contributed by atoms with Crippen LogP contribution >= 0.6 is 0 Å². The first kappa shape index (κ1) is 13.0. The number of hydrogen-bond acceptors (Lipinski definition) is 2. The van der Waals surface area contributed by atoms with Crippen LogP contribution in [0.1, 0.15) is 47.0 Å². The van der Waals surface area contributed by atoms with Crippen LogP contribution in [0.2, 0.25) is 0 Å². The molecule has 1 aliphatic rings. The van der Waals surface area contributed by atoms with Crippen LogP contribution in [0.15, 0.2) is 0 Å². The van der Waals surface area contributed by atoms with Crippen molar-refractivity contribution in [2.75, 3.05) is 5.75 Å². The van der Waals surface area contributed by atoms with E-state index in [1.54, 1.807) is 0 Å². The van der Waals surface area contributed by atoms with Gasteiger partial charge in [-0.1, -0.05) is 27.7 Å². The molecule has 1 aliphatic carbocycles. The lowest BCUT2D eigenvalue weighted by Gasteiger charge is -2.20. The predicted octanol–water partition coefficient (Wildman–Crippen LogP) is 2.14. The van der Waals surface area contributed by atoms with Gasteiger partial charge in [0.05, 0.1) is 5.75 Å². The van der Waals surface area contributed by atoms with Crippen LogP contribution in [0, 0.1) is 11.3 Å². The molecule has 3 nitrogen and oxygen atoms in total. The molecule has 1 N–H and O–H groups in total. The molecule has 0 aliphatic heterocycles. The Morgan fingerprint density at radius 2 is 1.87 bits per heavy atom. The van der Waals surface area contributed by atoms with Crippen molar-refractivity contribution in [2.45, 2.75) is 53.0 Å². The van der Waals surface area contributed by atoms with Gasteiger partial charge >= 0.3 is 0 Å². The molecule has 0 spiro atoms. The molecule has 0 aromatic heterocycles. The van der Waals surface area contributed by atoms with E-state index in [-0.39, 0.29) is 17.2 Å². The van der Waals surface area contributed by atoms with E-state index in [9.17, 15) is 8.42 Å². The molecule has 0 aromatic carbocycles.